The molecule has 3 rings (SSSR count). The standard InChI is InChI=1S/C15H13ClN4OS/c16-12-2-1-3-13(15(12)20-10-17-9-18-20)19-14(21)5-4-11-6-7-22-8-11/h1-3,6-10H,4-5H2,(H,19,21). The van der Waals surface area contributed by atoms with E-state index in [1.807, 2.05) is 16.8 Å². The summed E-state index contributed by atoms with van der Waals surface area (Å²) in [5, 5.41) is 11.5. The lowest BCUT2D eigenvalue weighted by Gasteiger charge is -2.12. The third-order valence-electron chi connectivity index (χ3n) is 3.13. The van der Waals surface area contributed by atoms with Crippen LogP contribution in [0, 0.1) is 0 Å². The maximum atomic E-state index is 12.1. The Hall–Kier alpha value is -2.18. The first-order valence-corrected chi connectivity index (χ1v) is 8.00. The molecule has 0 saturated heterocycles. The van der Waals surface area contributed by atoms with Gasteiger partial charge in [-0.2, -0.15) is 16.4 Å². The van der Waals surface area contributed by atoms with Crippen LogP contribution >= 0.6 is 22.9 Å². The fourth-order valence-electron chi connectivity index (χ4n) is 2.08. The second kappa shape index (κ2) is 6.72. The van der Waals surface area contributed by atoms with Crippen LogP contribution in [0.2, 0.25) is 5.02 Å². The van der Waals surface area contributed by atoms with Crippen LogP contribution in [0.1, 0.15) is 12.0 Å². The minimum atomic E-state index is -0.0603. The van der Waals surface area contributed by atoms with Gasteiger partial charge in [-0.1, -0.05) is 17.7 Å². The fraction of sp³-hybridized carbons (Fsp3) is 0.133. The van der Waals surface area contributed by atoms with E-state index in [1.54, 1.807) is 35.9 Å². The van der Waals surface area contributed by atoms with Gasteiger partial charge in [0, 0.05) is 6.42 Å². The highest BCUT2D eigenvalue weighted by Crippen LogP contribution is 2.27. The van der Waals surface area contributed by atoms with Crippen LogP contribution < -0.4 is 5.32 Å². The highest BCUT2D eigenvalue weighted by molar-refractivity contribution is 7.07. The summed E-state index contributed by atoms with van der Waals surface area (Å²) in [5.74, 6) is -0.0603. The summed E-state index contributed by atoms with van der Waals surface area (Å²) in [7, 11) is 0. The third-order valence-corrected chi connectivity index (χ3v) is 4.17. The van der Waals surface area contributed by atoms with E-state index in [1.165, 1.54) is 16.6 Å². The number of hydrogen-bond acceptors (Lipinski definition) is 4. The van der Waals surface area contributed by atoms with Crippen molar-refractivity contribution >= 4 is 34.5 Å². The first-order chi connectivity index (χ1) is 10.7. The van der Waals surface area contributed by atoms with Crippen LogP contribution in [0.15, 0.2) is 47.7 Å². The van der Waals surface area contributed by atoms with Crippen LogP contribution in [0.25, 0.3) is 5.69 Å². The second-order valence-corrected chi connectivity index (χ2v) is 5.84. The van der Waals surface area contributed by atoms with Gasteiger partial charge >= 0.3 is 0 Å². The van der Waals surface area contributed by atoms with E-state index in [2.05, 4.69) is 15.4 Å². The number of aryl methyl sites for hydroxylation is 1. The van der Waals surface area contributed by atoms with Crippen molar-refractivity contribution in [1.29, 1.82) is 0 Å². The normalized spacial score (nSPS) is 10.6. The lowest BCUT2D eigenvalue weighted by atomic mass is 10.2. The van der Waals surface area contributed by atoms with E-state index < -0.39 is 0 Å². The summed E-state index contributed by atoms with van der Waals surface area (Å²) in [6.45, 7) is 0. The number of carbonyl (C=O) groups is 1. The van der Waals surface area contributed by atoms with Gasteiger partial charge in [0.25, 0.3) is 0 Å². The molecule has 5 nitrogen and oxygen atoms in total. The number of nitrogens with one attached hydrogen (secondary N) is 1. The highest BCUT2D eigenvalue weighted by atomic mass is 35.5. The number of hydrogen-bond donors (Lipinski definition) is 1. The Morgan fingerprint density at radius 1 is 1.36 bits per heavy atom. The van der Waals surface area contributed by atoms with Crippen LogP contribution in [-0.4, -0.2) is 20.7 Å². The zero-order valence-corrected chi connectivity index (χ0v) is 13.1. The van der Waals surface area contributed by atoms with Gasteiger partial charge in [-0.05, 0) is 40.9 Å². The van der Waals surface area contributed by atoms with Gasteiger partial charge in [0.2, 0.25) is 5.91 Å². The molecule has 1 N–H and O–H groups in total. The van der Waals surface area contributed by atoms with E-state index in [-0.39, 0.29) is 5.91 Å². The molecule has 7 heteroatoms. The number of benzene rings is 1. The summed E-state index contributed by atoms with van der Waals surface area (Å²) in [5.41, 5.74) is 2.40. The minimum Gasteiger partial charge on any atom is -0.324 e. The Kier molecular flexibility index (Phi) is 4.50. The predicted molar refractivity (Wildman–Crippen MR) is 87.6 cm³/mol. The summed E-state index contributed by atoms with van der Waals surface area (Å²) >= 11 is 7.85. The van der Waals surface area contributed by atoms with Crippen molar-refractivity contribution in [3.8, 4) is 5.69 Å². The Labute approximate surface area is 136 Å². The zero-order chi connectivity index (χ0) is 15.4. The molecular weight excluding hydrogens is 320 g/mol. The van der Waals surface area contributed by atoms with Crippen molar-refractivity contribution in [2.75, 3.05) is 5.32 Å². The van der Waals surface area contributed by atoms with Crippen molar-refractivity contribution in [3.05, 3.63) is 58.3 Å². The molecule has 0 unspecified atom stereocenters. The van der Waals surface area contributed by atoms with Crippen molar-refractivity contribution < 1.29 is 4.79 Å². The summed E-state index contributed by atoms with van der Waals surface area (Å²) < 4.78 is 1.54. The molecule has 0 spiro atoms. The molecule has 0 fully saturated rings. The number of thiophene rings is 1. The van der Waals surface area contributed by atoms with Gasteiger partial charge in [0.15, 0.2) is 0 Å². The van der Waals surface area contributed by atoms with Gasteiger partial charge in [0.1, 0.15) is 18.3 Å². The quantitative estimate of drug-likeness (QED) is 0.777. The summed E-state index contributed by atoms with van der Waals surface area (Å²) in [6.07, 6.45) is 4.10. The van der Waals surface area contributed by atoms with E-state index in [9.17, 15) is 4.79 Å². The smallest absolute Gasteiger partial charge is 0.224 e. The maximum absolute atomic E-state index is 12.1. The Morgan fingerprint density at radius 3 is 3.00 bits per heavy atom. The molecule has 0 saturated carbocycles. The number of para-hydroxylation sites is 1. The van der Waals surface area contributed by atoms with Crippen LogP contribution in [0.5, 0.6) is 0 Å². The number of amides is 1. The molecule has 0 radical (unpaired) electrons. The van der Waals surface area contributed by atoms with Crippen molar-refractivity contribution in [3.63, 3.8) is 0 Å². The number of anilines is 1. The summed E-state index contributed by atoms with van der Waals surface area (Å²) in [4.78, 5) is 16.1. The molecule has 0 aliphatic heterocycles. The molecule has 1 aromatic carbocycles. The number of aromatic nitrogens is 3. The lowest BCUT2D eigenvalue weighted by Crippen LogP contribution is -2.14. The van der Waals surface area contributed by atoms with Crippen molar-refractivity contribution in [2.24, 2.45) is 0 Å². The van der Waals surface area contributed by atoms with Gasteiger partial charge in [0.05, 0.1) is 10.7 Å². The third kappa shape index (κ3) is 3.35. The molecule has 0 aliphatic carbocycles. The van der Waals surface area contributed by atoms with Gasteiger partial charge < -0.3 is 5.32 Å². The average molecular weight is 333 g/mol. The molecule has 112 valence electrons. The van der Waals surface area contributed by atoms with E-state index in [4.69, 9.17) is 11.6 Å². The molecule has 0 bridgehead atoms. The summed E-state index contributed by atoms with van der Waals surface area (Å²) in [6, 6.07) is 7.36. The molecule has 2 aromatic heterocycles. The molecule has 1 amide bonds. The number of carbonyl (C=O) groups excluding carboxylic acids is 1. The second-order valence-electron chi connectivity index (χ2n) is 4.66. The SMILES string of the molecule is O=C(CCc1ccsc1)Nc1cccc(Cl)c1-n1cncn1. The zero-order valence-electron chi connectivity index (χ0n) is 11.6. The topological polar surface area (TPSA) is 59.8 Å². The molecule has 22 heavy (non-hydrogen) atoms. The van der Waals surface area contributed by atoms with E-state index >= 15 is 0 Å². The Bertz CT molecular complexity index is 756. The number of halogens is 1. The largest absolute Gasteiger partial charge is 0.324 e. The maximum Gasteiger partial charge on any atom is 0.224 e. The Morgan fingerprint density at radius 2 is 2.27 bits per heavy atom. The molecule has 0 atom stereocenters. The van der Waals surface area contributed by atoms with E-state index in [0.29, 0.717) is 29.2 Å². The minimum absolute atomic E-state index is 0.0603. The van der Waals surface area contributed by atoms with Crippen LogP contribution in [-0.2, 0) is 11.2 Å². The average Bonchev–Trinajstić information content (AvgIpc) is 3.19. The predicted octanol–water partition coefficient (Wildman–Crippen LogP) is 3.55. The Balaban J connectivity index is 1.75. The monoisotopic (exact) mass is 332 g/mol. The molecule has 0 aliphatic rings. The van der Waals surface area contributed by atoms with Crippen LogP contribution in [0.3, 0.4) is 0 Å². The van der Waals surface area contributed by atoms with Gasteiger partial charge in [-0.25, -0.2) is 9.67 Å². The molecule has 2 heterocycles. The molecule has 3 aromatic rings. The highest BCUT2D eigenvalue weighted by Gasteiger charge is 2.12. The number of rotatable bonds is 5. The van der Waals surface area contributed by atoms with Crippen LogP contribution in [0.4, 0.5) is 5.69 Å². The first-order valence-electron chi connectivity index (χ1n) is 6.68. The van der Waals surface area contributed by atoms with Gasteiger partial charge in [-0.3, -0.25) is 4.79 Å². The lowest BCUT2D eigenvalue weighted by molar-refractivity contribution is -0.116. The first kappa shape index (κ1) is 14.7. The van der Waals surface area contributed by atoms with E-state index in [0.717, 1.165) is 0 Å². The van der Waals surface area contributed by atoms with Gasteiger partial charge in [-0.15, -0.1) is 0 Å². The molecular formula is C15H13ClN4OS. The van der Waals surface area contributed by atoms with Crippen molar-refractivity contribution in [1.82, 2.24) is 14.8 Å². The van der Waals surface area contributed by atoms with Crippen molar-refractivity contribution in [2.45, 2.75) is 12.8 Å². The fourth-order valence-corrected chi connectivity index (χ4v) is 3.04. The number of nitrogens with zero attached hydrogens (tertiary/aromatic N) is 3.